The zero-order valence-corrected chi connectivity index (χ0v) is 19.7. The molecule has 0 spiro atoms. The van der Waals surface area contributed by atoms with Crippen molar-refractivity contribution in [2.45, 2.75) is 39.3 Å². The van der Waals surface area contributed by atoms with Crippen molar-refractivity contribution >= 4 is 29.9 Å². The number of aliphatic imine (C=N–C) groups is 1. The van der Waals surface area contributed by atoms with Gasteiger partial charge in [-0.05, 0) is 57.5 Å². The number of guanidine groups is 1. The van der Waals surface area contributed by atoms with Crippen LogP contribution in [0, 0.1) is 5.92 Å². The molecule has 2 rings (SSSR count). The average molecular weight is 526 g/mol. The summed E-state index contributed by atoms with van der Waals surface area (Å²) in [6.45, 7) is 3.01. The highest BCUT2D eigenvalue weighted by Gasteiger charge is 2.17. The van der Waals surface area contributed by atoms with Crippen molar-refractivity contribution in [1.29, 1.82) is 0 Å². The molecule has 0 aromatic heterocycles. The van der Waals surface area contributed by atoms with Crippen molar-refractivity contribution in [2.24, 2.45) is 10.9 Å². The molecule has 1 aliphatic heterocycles. The van der Waals surface area contributed by atoms with Crippen molar-refractivity contribution in [3.05, 3.63) is 23.8 Å². The minimum atomic E-state index is -2.89. The lowest BCUT2D eigenvalue weighted by Crippen LogP contribution is -2.42. The summed E-state index contributed by atoms with van der Waals surface area (Å²) in [6, 6.07) is 5.01. The van der Waals surface area contributed by atoms with Gasteiger partial charge in [0.1, 0.15) is 11.5 Å². The molecule has 1 saturated heterocycles. The molecule has 1 aromatic rings. The Balaban J connectivity index is 0.00000420. The minimum Gasteiger partial charge on any atom is -0.493 e. The highest BCUT2D eigenvalue weighted by atomic mass is 127. The van der Waals surface area contributed by atoms with Crippen molar-refractivity contribution in [1.82, 2.24) is 15.5 Å². The smallest absolute Gasteiger partial charge is 0.387 e. The Kier molecular flexibility index (Phi) is 12.2. The predicted octanol–water partition coefficient (Wildman–Crippen LogP) is 3.70. The zero-order chi connectivity index (χ0) is 20.4. The van der Waals surface area contributed by atoms with Crippen LogP contribution in [0.5, 0.6) is 11.5 Å². The van der Waals surface area contributed by atoms with Crippen LogP contribution < -0.4 is 20.1 Å². The molecule has 0 amide bonds. The van der Waals surface area contributed by atoms with E-state index in [4.69, 9.17) is 4.74 Å². The van der Waals surface area contributed by atoms with E-state index in [1.165, 1.54) is 6.07 Å². The Hall–Kier alpha value is -1.36. The normalized spacial score (nSPS) is 15.7. The number of ether oxygens (including phenoxy) is 2. The van der Waals surface area contributed by atoms with E-state index < -0.39 is 6.61 Å². The number of hydrogen-bond donors (Lipinski definition) is 2. The Morgan fingerprint density at radius 2 is 2.00 bits per heavy atom. The van der Waals surface area contributed by atoms with E-state index in [9.17, 15) is 8.78 Å². The van der Waals surface area contributed by atoms with Gasteiger partial charge in [0.15, 0.2) is 5.96 Å². The number of hydrogen-bond acceptors (Lipinski definition) is 4. The van der Waals surface area contributed by atoms with E-state index in [0.29, 0.717) is 36.3 Å². The molecule has 9 heteroatoms. The Bertz CT molecular complexity index is 626. The molecule has 0 unspecified atom stereocenters. The molecule has 1 aromatic carbocycles. The first-order valence-corrected chi connectivity index (χ1v) is 9.85. The van der Waals surface area contributed by atoms with Crippen molar-refractivity contribution in [3.63, 3.8) is 0 Å². The molecule has 2 N–H and O–H groups in total. The van der Waals surface area contributed by atoms with Crippen LogP contribution in [0.2, 0.25) is 0 Å². The maximum absolute atomic E-state index is 12.8. The molecule has 6 nitrogen and oxygen atoms in total. The van der Waals surface area contributed by atoms with Gasteiger partial charge in [-0.15, -0.1) is 24.0 Å². The van der Waals surface area contributed by atoms with Gasteiger partial charge in [-0.25, -0.2) is 0 Å². The molecule has 0 saturated carbocycles. The van der Waals surface area contributed by atoms with Gasteiger partial charge in [0.05, 0.1) is 6.61 Å². The van der Waals surface area contributed by atoms with Crippen LogP contribution in [0.1, 0.15) is 31.7 Å². The lowest BCUT2D eigenvalue weighted by atomic mass is 9.97. The fraction of sp³-hybridized carbons (Fsp3) is 0.650. The number of likely N-dealkylation sites (tertiary alicyclic amines) is 1. The van der Waals surface area contributed by atoms with Gasteiger partial charge in [0, 0.05) is 31.8 Å². The molecule has 0 bridgehead atoms. The third-order valence-electron chi connectivity index (χ3n) is 4.79. The number of nitrogens with one attached hydrogen (secondary N) is 2. The van der Waals surface area contributed by atoms with Gasteiger partial charge in [-0.3, -0.25) is 4.99 Å². The standard InChI is InChI=1S/C20H32F2N4O2.HI/c1-4-11-27-17-6-5-16(18(12-17)28-19(21)22)14-25-20(23-2)24-13-15-7-9-26(3)10-8-15;/h5-6,12,15,19H,4,7-11,13-14H2,1-3H3,(H2,23,24,25);1H. The lowest BCUT2D eigenvalue weighted by Gasteiger charge is -2.29. The molecule has 1 aliphatic rings. The van der Waals surface area contributed by atoms with Crippen LogP contribution in [-0.4, -0.2) is 57.8 Å². The van der Waals surface area contributed by atoms with Crippen LogP contribution in [-0.2, 0) is 6.54 Å². The second-order valence-electron chi connectivity index (χ2n) is 7.05. The highest BCUT2D eigenvalue weighted by molar-refractivity contribution is 14.0. The first-order chi connectivity index (χ1) is 13.5. The summed E-state index contributed by atoms with van der Waals surface area (Å²) in [7, 11) is 3.84. The van der Waals surface area contributed by atoms with E-state index in [-0.39, 0.29) is 29.7 Å². The molecule has 0 aliphatic carbocycles. The number of alkyl halides is 2. The molecular weight excluding hydrogens is 493 g/mol. The minimum absolute atomic E-state index is 0. The summed E-state index contributed by atoms with van der Waals surface area (Å²) in [5, 5.41) is 6.50. The van der Waals surface area contributed by atoms with Gasteiger partial charge in [-0.1, -0.05) is 6.92 Å². The fourth-order valence-corrected chi connectivity index (χ4v) is 3.10. The van der Waals surface area contributed by atoms with Gasteiger partial charge in [-0.2, -0.15) is 8.78 Å². The lowest BCUT2D eigenvalue weighted by molar-refractivity contribution is -0.0505. The molecule has 1 heterocycles. The third-order valence-corrected chi connectivity index (χ3v) is 4.79. The summed E-state index contributed by atoms with van der Waals surface area (Å²) in [5.74, 6) is 1.89. The number of benzene rings is 1. The van der Waals surface area contributed by atoms with Crippen LogP contribution in [0.4, 0.5) is 8.78 Å². The maximum atomic E-state index is 12.8. The monoisotopic (exact) mass is 526 g/mol. The van der Waals surface area contributed by atoms with E-state index in [2.05, 4.69) is 32.3 Å². The van der Waals surface area contributed by atoms with Crippen LogP contribution in [0.3, 0.4) is 0 Å². The first-order valence-electron chi connectivity index (χ1n) is 9.85. The molecular formula is C20H33F2IN4O2. The van der Waals surface area contributed by atoms with Gasteiger partial charge >= 0.3 is 6.61 Å². The summed E-state index contributed by atoms with van der Waals surface area (Å²) in [5.41, 5.74) is 0.617. The van der Waals surface area contributed by atoms with Crippen molar-refractivity contribution < 1.29 is 18.3 Å². The van der Waals surface area contributed by atoms with E-state index >= 15 is 0 Å². The first kappa shape index (κ1) is 25.7. The fourth-order valence-electron chi connectivity index (χ4n) is 3.10. The van der Waals surface area contributed by atoms with E-state index in [1.807, 2.05) is 6.92 Å². The van der Waals surface area contributed by atoms with Gasteiger partial charge in [0.2, 0.25) is 0 Å². The Morgan fingerprint density at radius 3 is 2.62 bits per heavy atom. The van der Waals surface area contributed by atoms with Crippen LogP contribution in [0.25, 0.3) is 0 Å². The number of halogens is 3. The van der Waals surface area contributed by atoms with Gasteiger partial charge < -0.3 is 25.0 Å². The Labute approximate surface area is 189 Å². The van der Waals surface area contributed by atoms with Crippen LogP contribution in [0.15, 0.2) is 23.2 Å². The molecule has 0 radical (unpaired) electrons. The van der Waals surface area contributed by atoms with Crippen molar-refractivity contribution in [2.75, 3.05) is 40.3 Å². The molecule has 0 atom stereocenters. The second kappa shape index (κ2) is 13.8. The maximum Gasteiger partial charge on any atom is 0.387 e. The van der Waals surface area contributed by atoms with E-state index in [0.717, 1.165) is 38.9 Å². The predicted molar refractivity (Wildman–Crippen MR) is 123 cm³/mol. The van der Waals surface area contributed by atoms with Crippen molar-refractivity contribution in [3.8, 4) is 11.5 Å². The number of rotatable bonds is 9. The highest BCUT2D eigenvalue weighted by Crippen LogP contribution is 2.26. The van der Waals surface area contributed by atoms with Gasteiger partial charge in [0.25, 0.3) is 0 Å². The molecule has 29 heavy (non-hydrogen) atoms. The largest absolute Gasteiger partial charge is 0.493 e. The second-order valence-corrected chi connectivity index (χ2v) is 7.05. The quantitative estimate of drug-likeness (QED) is 0.292. The number of piperidine rings is 1. The zero-order valence-electron chi connectivity index (χ0n) is 17.4. The SMILES string of the molecule is CCCOc1ccc(CNC(=NC)NCC2CCN(C)CC2)c(OC(F)F)c1.I. The average Bonchev–Trinajstić information content (AvgIpc) is 2.68. The summed E-state index contributed by atoms with van der Waals surface area (Å²) in [4.78, 5) is 6.56. The summed E-state index contributed by atoms with van der Waals surface area (Å²) >= 11 is 0. The number of nitrogens with zero attached hydrogens (tertiary/aromatic N) is 2. The topological polar surface area (TPSA) is 58.1 Å². The third kappa shape index (κ3) is 9.33. The Morgan fingerprint density at radius 1 is 1.28 bits per heavy atom. The van der Waals surface area contributed by atoms with Crippen LogP contribution >= 0.6 is 24.0 Å². The summed E-state index contributed by atoms with van der Waals surface area (Å²) in [6.07, 6.45) is 3.16. The molecule has 1 fully saturated rings. The molecule has 166 valence electrons. The summed E-state index contributed by atoms with van der Waals surface area (Å²) < 4.78 is 35.7. The van der Waals surface area contributed by atoms with E-state index in [1.54, 1.807) is 19.2 Å².